The summed E-state index contributed by atoms with van der Waals surface area (Å²) in [5, 5.41) is 11.1. The summed E-state index contributed by atoms with van der Waals surface area (Å²) in [7, 11) is 1.15. The zero-order chi connectivity index (χ0) is 16.0. The highest BCUT2D eigenvalue weighted by molar-refractivity contribution is 5.96. The molecule has 0 bridgehead atoms. The van der Waals surface area contributed by atoms with E-state index < -0.39 is 35.5 Å². The van der Waals surface area contributed by atoms with Gasteiger partial charge in [-0.2, -0.15) is 5.26 Å². The molecular formula is C14H14F2N2O3. The van der Waals surface area contributed by atoms with Gasteiger partial charge in [0, 0.05) is 11.5 Å². The fourth-order valence-corrected chi connectivity index (χ4v) is 1.64. The molecule has 1 aromatic rings. The van der Waals surface area contributed by atoms with Gasteiger partial charge in [-0.15, -0.1) is 0 Å². The van der Waals surface area contributed by atoms with Gasteiger partial charge in [-0.05, 0) is 31.5 Å². The molecule has 1 N–H and O–H groups in total. The summed E-state index contributed by atoms with van der Waals surface area (Å²) in [6, 6.07) is 3.54. The largest absolute Gasteiger partial charge is 0.467 e. The topological polar surface area (TPSA) is 79.2 Å². The summed E-state index contributed by atoms with van der Waals surface area (Å²) in [5.74, 6) is -4.20. The highest BCUT2D eigenvalue weighted by atomic mass is 19.2. The number of ether oxygens (including phenoxy) is 1. The number of nitrogens with one attached hydrogen (secondary N) is 1. The molecule has 1 amide bonds. The zero-order valence-electron chi connectivity index (χ0n) is 11.5. The minimum atomic E-state index is -1.16. The minimum Gasteiger partial charge on any atom is -0.467 e. The molecular weight excluding hydrogens is 282 g/mol. The van der Waals surface area contributed by atoms with E-state index in [4.69, 9.17) is 5.26 Å². The number of halogens is 2. The SMILES string of the molecule is COC(=O)[C@H](C[C@H](C)C#N)NC(=O)c1ccc(F)c(F)c1. The number of hydrogen-bond donors (Lipinski definition) is 1. The number of methoxy groups -OCH3 is 1. The van der Waals surface area contributed by atoms with E-state index in [1.807, 2.05) is 6.07 Å². The number of esters is 1. The maximum atomic E-state index is 13.1. The van der Waals surface area contributed by atoms with Gasteiger partial charge in [-0.3, -0.25) is 4.79 Å². The molecule has 0 unspecified atom stereocenters. The fraction of sp³-hybridized carbons (Fsp3) is 0.357. The van der Waals surface area contributed by atoms with Crippen LogP contribution in [0.4, 0.5) is 8.78 Å². The third-order valence-corrected chi connectivity index (χ3v) is 2.78. The van der Waals surface area contributed by atoms with E-state index in [2.05, 4.69) is 10.1 Å². The van der Waals surface area contributed by atoms with Gasteiger partial charge in [-0.1, -0.05) is 0 Å². The number of nitriles is 1. The summed E-state index contributed by atoms with van der Waals surface area (Å²) in [5.41, 5.74) is -0.132. The van der Waals surface area contributed by atoms with E-state index >= 15 is 0 Å². The molecule has 0 saturated carbocycles. The molecule has 0 fully saturated rings. The highest BCUT2D eigenvalue weighted by Gasteiger charge is 2.24. The second-order valence-corrected chi connectivity index (χ2v) is 4.44. The summed E-state index contributed by atoms with van der Waals surface area (Å²) >= 11 is 0. The minimum absolute atomic E-state index is 0.0542. The Kier molecular flexibility index (Phi) is 5.79. The third-order valence-electron chi connectivity index (χ3n) is 2.78. The van der Waals surface area contributed by atoms with Crippen molar-refractivity contribution in [2.24, 2.45) is 5.92 Å². The zero-order valence-corrected chi connectivity index (χ0v) is 11.5. The Balaban J connectivity index is 2.87. The molecule has 0 radical (unpaired) electrons. The molecule has 112 valence electrons. The van der Waals surface area contributed by atoms with E-state index in [0.29, 0.717) is 0 Å². The van der Waals surface area contributed by atoms with Crippen molar-refractivity contribution in [3.8, 4) is 6.07 Å². The first-order chi connectivity index (χ1) is 9.88. The molecule has 0 heterocycles. The summed E-state index contributed by atoms with van der Waals surface area (Å²) < 4.78 is 30.4. The molecule has 7 heteroatoms. The van der Waals surface area contributed by atoms with E-state index in [0.717, 1.165) is 25.3 Å². The molecule has 5 nitrogen and oxygen atoms in total. The predicted octanol–water partition coefficient (Wildman–Crippen LogP) is 1.79. The van der Waals surface area contributed by atoms with Crippen molar-refractivity contribution in [3.05, 3.63) is 35.4 Å². The van der Waals surface area contributed by atoms with E-state index in [1.54, 1.807) is 6.92 Å². The van der Waals surface area contributed by atoms with Crippen molar-refractivity contribution in [3.63, 3.8) is 0 Å². The number of hydrogen-bond acceptors (Lipinski definition) is 4. The van der Waals surface area contributed by atoms with Crippen molar-refractivity contribution >= 4 is 11.9 Å². The van der Waals surface area contributed by atoms with Gasteiger partial charge in [0.25, 0.3) is 5.91 Å². The maximum Gasteiger partial charge on any atom is 0.328 e. The first-order valence-electron chi connectivity index (χ1n) is 6.12. The Morgan fingerprint density at radius 3 is 2.57 bits per heavy atom. The molecule has 21 heavy (non-hydrogen) atoms. The third kappa shape index (κ3) is 4.53. The van der Waals surface area contributed by atoms with Gasteiger partial charge in [-0.25, -0.2) is 13.6 Å². The number of carbonyl (C=O) groups excluding carboxylic acids is 2. The predicted molar refractivity (Wildman–Crippen MR) is 69.0 cm³/mol. The molecule has 2 atom stereocenters. The molecule has 1 rings (SSSR count). The smallest absolute Gasteiger partial charge is 0.328 e. The van der Waals surface area contributed by atoms with Crippen LogP contribution in [0.3, 0.4) is 0 Å². The maximum absolute atomic E-state index is 13.1. The van der Waals surface area contributed by atoms with Gasteiger partial charge in [0.05, 0.1) is 13.2 Å². The van der Waals surface area contributed by atoms with Crippen LogP contribution in [0.5, 0.6) is 0 Å². The first-order valence-corrected chi connectivity index (χ1v) is 6.12. The number of carbonyl (C=O) groups is 2. The Hall–Kier alpha value is -2.49. The second-order valence-electron chi connectivity index (χ2n) is 4.44. The Labute approximate surface area is 120 Å². The van der Waals surface area contributed by atoms with Gasteiger partial charge in [0.15, 0.2) is 11.6 Å². The van der Waals surface area contributed by atoms with Gasteiger partial charge in [0.1, 0.15) is 6.04 Å². The van der Waals surface area contributed by atoms with Crippen LogP contribution in [0, 0.1) is 28.9 Å². The number of amides is 1. The molecule has 0 aromatic heterocycles. The van der Waals surface area contributed by atoms with Gasteiger partial charge >= 0.3 is 5.97 Å². The lowest BCUT2D eigenvalue weighted by molar-refractivity contribution is -0.143. The summed E-state index contributed by atoms with van der Waals surface area (Å²) in [6.45, 7) is 1.58. The average Bonchev–Trinajstić information content (AvgIpc) is 2.48. The van der Waals surface area contributed by atoms with Crippen molar-refractivity contribution in [2.75, 3.05) is 7.11 Å². The Bertz CT molecular complexity index is 584. The van der Waals surface area contributed by atoms with Crippen molar-refractivity contribution in [1.29, 1.82) is 5.26 Å². The molecule has 0 saturated heterocycles. The summed E-state index contributed by atoms with van der Waals surface area (Å²) in [6.07, 6.45) is 0.0542. The number of nitrogens with zero attached hydrogens (tertiary/aromatic N) is 1. The number of rotatable bonds is 5. The van der Waals surface area contributed by atoms with Crippen LogP contribution in [0.2, 0.25) is 0 Å². The van der Waals surface area contributed by atoms with Crippen LogP contribution in [0.1, 0.15) is 23.7 Å². The van der Waals surface area contributed by atoms with E-state index in [-0.39, 0.29) is 12.0 Å². The van der Waals surface area contributed by atoms with Crippen molar-refractivity contribution < 1.29 is 23.1 Å². The number of benzene rings is 1. The summed E-state index contributed by atoms with van der Waals surface area (Å²) in [4.78, 5) is 23.5. The Morgan fingerprint density at radius 2 is 2.05 bits per heavy atom. The van der Waals surface area contributed by atoms with E-state index in [9.17, 15) is 18.4 Å². The van der Waals surface area contributed by atoms with E-state index in [1.165, 1.54) is 0 Å². The molecule has 0 aliphatic carbocycles. The van der Waals surface area contributed by atoms with Crippen LogP contribution in [0.25, 0.3) is 0 Å². The van der Waals surface area contributed by atoms with Crippen LogP contribution < -0.4 is 5.32 Å². The molecule has 0 spiro atoms. The fourth-order valence-electron chi connectivity index (χ4n) is 1.64. The van der Waals surface area contributed by atoms with Gasteiger partial charge < -0.3 is 10.1 Å². The average molecular weight is 296 g/mol. The molecule has 1 aromatic carbocycles. The van der Waals surface area contributed by atoms with Crippen LogP contribution >= 0.6 is 0 Å². The van der Waals surface area contributed by atoms with Crippen LogP contribution in [-0.4, -0.2) is 25.0 Å². The Morgan fingerprint density at radius 1 is 1.38 bits per heavy atom. The normalized spacial score (nSPS) is 12.9. The lowest BCUT2D eigenvalue weighted by Crippen LogP contribution is -2.42. The monoisotopic (exact) mass is 296 g/mol. The quantitative estimate of drug-likeness (QED) is 0.840. The van der Waals surface area contributed by atoms with Gasteiger partial charge in [0.2, 0.25) is 0 Å². The molecule has 0 aliphatic heterocycles. The van der Waals surface area contributed by atoms with Crippen molar-refractivity contribution in [2.45, 2.75) is 19.4 Å². The lowest BCUT2D eigenvalue weighted by Gasteiger charge is -2.17. The van der Waals surface area contributed by atoms with Crippen LogP contribution in [-0.2, 0) is 9.53 Å². The molecule has 0 aliphatic rings. The second kappa shape index (κ2) is 7.33. The van der Waals surface area contributed by atoms with Crippen molar-refractivity contribution in [1.82, 2.24) is 5.32 Å². The highest BCUT2D eigenvalue weighted by Crippen LogP contribution is 2.11. The lowest BCUT2D eigenvalue weighted by atomic mass is 10.0. The first kappa shape index (κ1) is 16.6. The standard InChI is InChI=1S/C14H14F2N2O3/c1-8(7-17)5-12(14(20)21-2)18-13(19)9-3-4-10(15)11(16)6-9/h3-4,6,8,12H,5H2,1-2H3,(H,18,19)/t8-,12-/m0/s1. The van der Waals surface area contributed by atoms with Crippen LogP contribution in [0.15, 0.2) is 18.2 Å².